The van der Waals surface area contributed by atoms with Crippen LogP contribution in [0.4, 0.5) is 0 Å². The van der Waals surface area contributed by atoms with E-state index in [1.54, 1.807) is 17.2 Å². The molecular formula is C9H11ClN2O2. The standard InChI is InChI=1S/C9H11ClN2O2/c10-6-3-8(11-4-6)9(14)12-2-1-7(13)5-12/h3-4,7,11,13H,1-2,5H2/t7-/m1/s1. The number of aliphatic hydroxyl groups excluding tert-OH is 1. The molecule has 1 aliphatic heterocycles. The largest absolute Gasteiger partial charge is 0.391 e. The third-order valence-corrected chi connectivity index (χ3v) is 2.55. The molecule has 1 aromatic rings. The van der Waals surface area contributed by atoms with Crippen LogP contribution in [0, 0.1) is 0 Å². The second-order valence-corrected chi connectivity index (χ2v) is 3.86. The molecule has 0 spiro atoms. The molecule has 14 heavy (non-hydrogen) atoms. The second kappa shape index (κ2) is 3.63. The number of likely N-dealkylation sites (tertiary alicyclic amines) is 1. The molecule has 1 aliphatic rings. The van der Waals surface area contributed by atoms with Gasteiger partial charge in [0, 0.05) is 19.3 Å². The van der Waals surface area contributed by atoms with Crippen LogP contribution in [-0.2, 0) is 0 Å². The highest BCUT2D eigenvalue weighted by molar-refractivity contribution is 6.30. The fourth-order valence-corrected chi connectivity index (χ4v) is 1.75. The molecule has 1 aromatic heterocycles. The van der Waals surface area contributed by atoms with Crippen LogP contribution in [0.25, 0.3) is 0 Å². The van der Waals surface area contributed by atoms with Crippen molar-refractivity contribution in [3.05, 3.63) is 23.0 Å². The molecule has 5 heteroatoms. The highest BCUT2D eigenvalue weighted by Crippen LogP contribution is 2.15. The van der Waals surface area contributed by atoms with Crippen LogP contribution in [0.1, 0.15) is 16.9 Å². The first kappa shape index (κ1) is 9.55. The molecule has 1 saturated heterocycles. The van der Waals surface area contributed by atoms with Crippen LogP contribution in [0.5, 0.6) is 0 Å². The lowest BCUT2D eigenvalue weighted by atomic mass is 10.3. The summed E-state index contributed by atoms with van der Waals surface area (Å²) in [7, 11) is 0. The van der Waals surface area contributed by atoms with Gasteiger partial charge in [-0.1, -0.05) is 11.6 Å². The number of halogens is 1. The van der Waals surface area contributed by atoms with Crippen LogP contribution in [0.15, 0.2) is 12.3 Å². The molecule has 1 atom stereocenters. The van der Waals surface area contributed by atoms with Crippen molar-refractivity contribution < 1.29 is 9.90 Å². The van der Waals surface area contributed by atoms with Gasteiger partial charge < -0.3 is 15.0 Å². The molecule has 0 saturated carbocycles. The van der Waals surface area contributed by atoms with E-state index in [0.29, 0.717) is 30.2 Å². The highest BCUT2D eigenvalue weighted by Gasteiger charge is 2.25. The maximum atomic E-state index is 11.7. The van der Waals surface area contributed by atoms with Crippen LogP contribution in [-0.4, -0.2) is 40.1 Å². The molecule has 76 valence electrons. The SMILES string of the molecule is O=C(c1cc(Cl)c[nH]1)N1CC[C@@H](O)C1. The Bertz CT molecular complexity index is 350. The Morgan fingerprint density at radius 2 is 2.50 bits per heavy atom. The molecule has 0 radical (unpaired) electrons. The maximum Gasteiger partial charge on any atom is 0.270 e. The van der Waals surface area contributed by atoms with E-state index in [9.17, 15) is 9.90 Å². The van der Waals surface area contributed by atoms with Crippen molar-refractivity contribution in [1.82, 2.24) is 9.88 Å². The molecule has 0 unspecified atom stereocenters. The molecule has 0 aliphatic carbocycles. The van der Waals surface area contributed by atoms with Crippen LogP contribution in [0.3, 0.4) is 0 Å². The molecule has 1 fully saturated rings. The average molecular weight is 215 g/mol. The fraction of sp³-hybridized carbons (Fsp3) is 0.444. The summed E-state index contributed by atoms with van der Waals surface area (Å²) >= 11 is 5.69. The van der Waals surface area contributed by atoms with Crippen LogP contribution < -0.4 is 0 Å². The second-order valence-electron chi connectivity index (χ2n) is 3.43. The lowest BCUT2D eigenvalue weighted by molar-refractivity contribution is 0.0760. The van der Waals surface area contributed by atoms with Gasteiger partial charge in [0.25, 0.3) is 5.91 Å². The highest BCUT2D eigenvalue weighted by atomic mass is 35.5. The zero-order chi connectivity index (χ0) is 10.1. The number of nitrogens with zero attached hydrogens (tertiary/aromatic N) is 1. The van der Waals surface area contributed by atoms with Gasteiger partial charge in [-0.05, 0) is 12.5 Å². The minimum Gasteiger partial charge on any atom is -0.391 e. The first-order valence-corrected chi connectivity index (χ1v) is 4.86. The number of hydrogen-bond donors (Lipinski definition) is 2. The monoisotopic (exact) mass is 214 g/mol. The minimum absolute atomic E-state index is 0.103. The molecule has 1 amide bonds. The molecule has 0 bridgehead atoms. The van der Waals surface area contributed by atoms with Crippen molar-refractivity contribution in [3.63, 3.8) is 0 Å². The smallest absolute Gasteiger partial charge is 0.270 e. The fourth-order valence-electron chi connectivity index (χ4n) is 1.59. The number of aliphatic hydroxyl groups is 1. The van der Waals surface area contributed by atoms with Gasteiger partial charge in [0.15, 0.2) is 0 Å². The van der Waals surface area contributed by atoms with Gasteiger partial charge in [-0.25, -0.2) is 0 Å². The Hall–Kier alpha value is -1.00. The van der Waals surface area contributed by atoms with Gasteiger partial charge in [0.1, 0.15) is 5.69 Å². The Kier molecular flexibility index (Phi) is 2.48. The van der Waals surface area contributed by atoms with Crippen LogP contribution in [0.2, 0.25) is 5.02 Å². The van der Waals surface area contributed by atoms with E-state index in [-0.39, 0.29) is 12.0 Å². The zero-order valence-electron chi connectivity index (χ0n) is 7.53. The third-order valence-electron chi connectivity index (χ3n) is 2.33. The van der Waals surface area contributed by atoms with Crippen molar-refractivity contribution in [2.24, 2.45) is 0 Å². The van der Waals surface area contributed by atoms with E-state index in [1.165, 1.54) is 0 Å². The van der Waals surface area contributed by atoms with Crippen molar-refractivity contribution in [2.45, 2.75) is 12.5 Å². The van der Waals surface area contributed by atoms with Gasteiger partial charge >= 0.3 is 0 Å². The maximum absolute atomic E-state index is 11.7. The Morgan fingerprint density at radius 1 is 1.71 bits per heavy atom. The van der Waals surface area contributed by atoms with Gasteiger partial charge in [-0.3, -0.25) is 4.79 Å². The molecule has 2 rings (SSSR count). The number of nitrogens with one attached hydrogen (secondary N) is 1. The normalized spacial score (nSPS) is 21.6. The predicted molar refractivity (Wildman–Crippen MR) is 52.3 cm³/mol. The van der Waals surface area contributed by atoms with Crippen LogP contribution >= 0.6 is 11.6 Å². The summed E-state index contributed by atoms with van der Waals surface area (Å²) in [4.78, 5) is 16.1. The number of aromatic amines is 1. The first-order valence-electron chi connectivity index (χ1n) is 4.48. The van der Waals surface area contributed by atoms with E-state index < -0.39 is 0 Å². The van der Waals surface area contributed by atoms with Crippen molar-refractivity contribution in [3.8, 4) is 0 Å². The first-order chi connectivity index (χ1) is 6.66. The van der Waals surface area contributed by atoms with E-state index in [1.807, 2.05) is 0 Å². The number of rotatable bonds is 1. The van der Waals surface area contributed by atoms with E-state index in [2.05, 4.69) is 4.98 Å². The summed E-state index contributed by atoms with van der Waals surface area (Å²) in [5.74, 6) is -0.103. The number of carbonyl (C=O) groups excluding carboxylic acids is 1. The molecule has 4 nitrogen and oxygen atoms in total. The van der Waals surface area contributed by atoms with Crippen molar-refractivity contribution >= 4 is 17.5 Å². The number of carbonyl (C=O) groups is 1. The summed E-state index contributed by atoms with van der Waals surface area (Å²) in [6.45, 7) is 1.02. The summed E-state index contributed by atoms with van der Waals surface area (Å²) in [5.41, 5.74) is 0.476. The molecule has 0 aromatic carbocycles. The Morgan fingerprint density at radius 3 is 3.00 bits per heavy atom. The number of hydrogen-bond acceptors (Lipinski definition) is 2. The lowest BCUT2D eigenvalue weighted by Gasteiger charge is -2.13. The van der Waals surface area contributed by atoms with E-state index >= 15 is 0 Å². The quantitative estimate of drug-likeness (QED) is 0.729. The number of H-pyrrole nitrogens is 1. The summed E-state index contributed by atoms with van der Waals surface area (Å²) in [5, 5.41) is 9.79. The Balaban J connectivity index is 2.09. The van der Waals surface area contributed by atoms with Crippen molar-refractivity contribution in [1.29, 1.82) is 0 Å². The van der Waals surface area contributed by atoms with Gasteiger partial charge in [-0.15, -0.1) is 0 Å². The Labute approximate surface area is 86.5 Å². The summed E-state index contributed by atoms with van der Waals surface area (Å²) in [6, 6.07) is 1.59. The number of aromatic nitrogens is 1. The number of amides is 1. The number of β-amino-alcohol motifs (C(OH)–C–C–N with tert-alkyl or cyclic N) is 1. The topological polar surface area (TPSA) is 56.3 Å². The zero-order valence-corrected chi connectivity index (χ0v) is 8.29. The molecule has 2 N–H and O–H groups in total. The predicted octanol–water partition coefficient (Wildman–Crippen LogP) is 0.875. The summed E-state index contributed by atoms with van der Waals surface area (Å²) < 4.78 is 0. The molecule has 2 heterocycles. The van der Waals surface area contributed by atoms with E-state index in [4.69, 9.17) is 11.6 Å². The average Bonchev–Trinajstić information content (AvgIpc) is 2.73. The van der Waals surface area contributed by atoms with Crippen molar-refractivity contribution in [2.75, 3.05) is 13.1 Å². The lowest BCUT2D eigenvalue weighted by Crippen LogP contribution is -2.29. The van der Waals surface area contributed by atoms with Gasteiger partial charge in [0.2, 0.25) is 0 Å². The third kappa shape index (κ3) is 1.76. The van der Waals surface area contributed by atoms with Gasteiger partial charge in [-0.2, -0.15) is 0 Å². The van der Waals surface area contributed by atoms with E-state index in [0.717, 1.165) is 0 Å². The molecular weight excluding hydrogens is 204 g/mol. The minimum atomic E-state index is -0.385. The van der Waals surface area contributed by atoms with Gasteiger partial charge in [0.05, 0.1) is 11.1 Å². The summed E-state index contributed by atoms with van der Waals surface area (Å²) in [6.07, 6.45) is 1.84.